The molecule has 0 aliphatic rings. The predicted octanol–water partition coefficient (Wildman–Crippen LogP) is 2.37. The minimum Gasteiger partial charge on any atom is -0.480 e. The van der Waals surface area contributed by atoms with E-state index in [-0.39, 0.29) is 11.6 Å². The molecule has 0 fully saturated rings. The number of halogens is 1. The van der Waals surface area contributed by atoms with Gasteiger partial charge in [0.2, 0.25) is 0 Å². The molecule has 3 nitrogen and oxygen atoms in total. The van der Waals surface area contributed by atoms with Crippen molar-refractivity contribution in [2.45, 2.75) is 24.3 Å². The monoisotopic (exact) mass is 257 g/mol. The first-order valence-corrected chi connectivity index (χ1v) is 6.34. The smallest absolute Gasteiger partial charge is 0.324 e. The van der Waals surface area contributed by atoms with Gasteiger partial charge >= 0.3 is 5.97 Å². The van der Waals surface area contributed by atoms with E-state index in [4.69, 9.17) is 5.11 Å². The van der Waals surface area contributed by atoms with Crippen LogP contribution >= 0.6 is 11.8 Å². The van der Waals surface area contributed by atoms with E-state index in [1.165, 1.54) is 17.8 Å². The quantitative estimate of drug-likeness (QED) is 0.768. The van der Waals surface area contributed by atoms with E-state index in [0.29, 0.717) is 11.4 Å². The SMILES string of the molecule is CCNC(C)(CSc1ccccc1F)C(=O)O. The summed E-state index contributed by atoms with van der Waals surface area (Å²) in [4.78, 5) is 11.6. The zero-order valence-electron chi connectivity index (χ0n) is 9.87. The molecular weight excluding hydrogens is 241 g/mol. The van der Waals surface area contributed by atoms with Crippen molar-refractivity contribution in [3.05, 3.63) is 30.1 Å². The van der Waals surface area contributed by atoms with E-state index in [0.717, 1.165) is 0 Å². The van der Waals surface area contributed by atoms with Crippen molar-refractivity contribution in [1.82, 2.24) is 5.32 Å². The number of carbonyl (C=O) groups is 1. The van der Waals surface area contributed by atoms with E-state index in [2.05, 4.69) is 5.32 Å². The van der Waals surface area contributed by atoms with Gasteiger partial charge in [-0.3, -0.25) is 4.79 Å². The van der Waals surface area contributed by atoms with Gasteiger partial charge in [-0.05, 0) is 25.6 Å². The Balaban J connectivity index is 2.71. The second kappa shape index (κ2) is 6.02. The molecular formula is C12H16FNO2S. The average Bonchev–Trinajstić information content (AvgIpc) is 2.28. The van der Waals surface area contributed by atoms with Crippen molar-refractivity contribution in [3.63, 3.8) is 0 Å². The zero-order chi connectivity index (χ0) is 12.9. The summed E-state index contributed by atoms with van der Waals surface area (Å²) in [5, 5.41) is 12.0. The molecule has 0 saturated heterocycles. The van der Waals surface area contributed by atoms with Gasteiger partial charge in [-0.2, -0.15) is 0 Å². The lowest BCUT2D eigenvalue weighted by Gasteiger charge is -2.25. The number of likely N-dealkylation sites (N-methyl/N-ethyl adjacent to an activating group) is 1. The summed E-state index contributed by atoms with van der Waals surface area (Å²) >= 11 is 1.20. The zero-order valence-corrected chi connectivity index (χ0v) is 10.7. The molecule has 0 amide bonds. The molecule has 0 aliphatic carbocycles. The second-order valence-electron chi connectivity index (χ2n) is 3.89. The highest BCUT2D eigenvalue weighted by atomic mass is 32.2. The van der Waals surface area contributed by atoms with Crippen molar-refractivity contribution >= 4 is 17.7 Å². The van der Waals surface area contributed by atoms with Crippen LogP contribution in [0.2, 0.25) is 0 Å². The van der Waals surface area contributed by atoms with E-state index < -0.39 is 11.5 Å². The first-order valence-electron chi connectivity index (χ1n) is 5.35. The summed E-state index contributed by atoms with van der Waals surface area (Å²) in [5.41, 5.74) is -1.04. The molecule has 0 heterocycles. The van der Waals surface area contributed by atoms with Crippen LogP contribution in [0.15, 0.2) is 29.2 Å². The molecule has 0 spiro atoms. The molecule has 1 rings (SSSR count). The molecule has 0 saturated carbocycles. The molecule has 0 bridgehead atoms. The Morgan fingerprint density at radius 1 is 1.53 bits per heavy atom. The minimum absolute atomic E-state index is 0.275. The van der Waals surface area contributed by atoms with Crippen molar-refractivity contribution in [3.8, 4) is 0 Å². The van der Waals surface area contributed by atoms with Crippen LogP contribution in [-0.2, 0) is 4.79 Å². The summed E-state index contributed by atoms with van der Waals surface area (Å²) in [6.45, 7) is 4.00. The Bertz CT molecular complexity index is 400. The van der Waals surface area contributed by atoms with Gasteiger partial charge in [-0.1, -0.05) is 19.1 Å². The predicted molar refractivity (Wildman–Crippen MR) is 66.8 cm³/mol. The highest BCUT2D eigenvalue weighted by molar-refractivity contribution is 7.99. The van der Waals surface area contributed by atoms with Gasteiger partial charge in [0.25, 0.3) is 0 Å². The first-order chi connectivity index (χ1) is 7.99. The molecule has 1 aromatic rings. The fourth-order valence-electron chi connectivity index (χ4n) is 1.36. The topological polar surface area (TPSA) is 49.3 Å². The number of hydrogen-bond acceptors (Lipinski definition) is 3. The third kappa shape index (κ3) is 3.71. The molecule has 1 atom stereocenters. The number of rotatable bonds is 6. The van der Waals surface area contributed by atoms with Gasteiger partial charge in [0.15, 0.2) is 0 Å². The Morgan fingerprint density at radius 2 is 2.18 bits per heavy atom. The summed E-state index contributed by atoms with van der Waals surface area (Å²) in [6.07, 6.45) is 0. The van der Waals surface area contributed by atoms with Crippen molar-refractivity contribution < 1.29 is 14.3 Å². The lowest BCUT2D eigenvalue weighted by atomic mass is 10.1. The first kappa shape index (κ1) is 14.0. The fourth-order valence-corrected chi connectivity index (χ4v) is 2.41. The number of carboxylic acids is 1. The molecule has 94 valence electrons. The van der Waals surface area contributed by atoms with Crippen molar-refractivity contribution in [2.75, 3.05) is 12.3 Å². The molecule has 0 aliphatic heterocycles. The van der Waals surface area contributed by atoms with Crippen LogP contribution < -0.4 is 5.32 Å². The van der Waals surface area contributed by atoms with E-state index in [1.807, 2.05) is 6.92 Å². The molecule has 17 heavy (non-hydrogen) atoms. The fraction of sp³-hybridized carbons (Fsp3) is 0.417. The molecule has 1 aromatic carbocycles. The van der Waals surface area contributed by atoms with Gasteiger partial charge in [0.1, 0.15) is 11.4 Å². The molecule has 5 heteroatoms. The highest BCUT2D eigenvalue weighted by Crippen LogP contribution is 2.25. The van der Waals surface area contributed by atoms with Gasteiger partial charge in [-0.25, -0.2) is 4.39 Å². The van der Waals surface area contributed by atoms with Gasteiger partial charge in [0, 0.05) is 10.6 Å². The normalized spacial score (nSPS) is 14.3. The summed E-state index contributed by atoms with van der Waals surface area (Å²) in [7, 11) is 0. The largest absolute Gasteiger partial charge is 0.480 e. The number of nitrogens with one attached hydrogen (secondary N) is 1. The standard InChI is InChI=1S/C12H16FNO2S/c1-3-14-12(2,11(15)16)8-17-10-7-5-4-6-9(10)13/h4-7,14H,3,8H2,1-2H3,(H,15,16). The Labute approximate surface area is 104 Å². The minimum atomic E-state index is -1.04. The molecule has 0 aromatic heterocycles. The van der Waals surface area contributed by atoms with Crippen molar-refractivity contribution in [2.24, 2.45) is 0 Å². The van der Waals surface area contributed by atoms with Crippen LogP contribution in [0.4, 0.5) is 4.39 Å². The van der Waals surface area contributed by atoms with E-state index in [9.17, 15) is 9.18 Å². The highest BCUT2D eigenvalue weighted by Gasteiger charge is 2.32. The van der Waals surface area contributed by atoms with Crippen LogP contribution in [0.3, 0.4) is 0 Å². The lowest BCUT2D eigenvalue weighted by Crippen LogP contribution is -2.51. The van der Waals surface area contributed by atoms with Crippen molar-refractivity contribution in [1.29, 1.82) is 0 Å². The van der Waals surface area contributed by atoms with Gasteiger partial charge in [0.05, 0.1) is 0 Å². The average molecular weight is 257 g/mol. The number of benzene rings is 1. The Kier molecular flexibility index (Phi) is 4.96. The third-order valence-electron chi connectivity index (χ3n) is 2.39. The van der Waals surface area contributed by atoms with Crippen LogP contribution in [-0.4, -0.2) is 28.9 Å². The van der Waals surface area contributed by atoms with Gasteiger partial charge < -0.3 is 10.4 Å². The van der Waals surface area contributed by atoms with Crippen LogP contribution in [0.1, 0.15) is 13.8 Å². The van der Waals surface area contributed by atoms with E-state index in [1.54, 1.807) is 25.1 Å². The summed E-state index contributed by atoms with van der Waals surface area (Å²) in [6, 6.07) is 6.36. The number of hydrogen-bond donors (Lipinski definition) is 2. The maximum Gasteiger partial charge on any atom is 0.324 e. The summed E-state index contributed by atoms with van der Waals surface area (Å²) < 4.78 is 13.4. The second-order valence-corrected chi connectivity index (χ2v) is 4.90. The van der Waals surface area contributed by atoms with Crippen LogP contribution in [0.25, 0.3) is 0 Å². The number of carboxylic acid groups (broad SMARTS) is 1. The van der Waals surface area contributed by atoms with Crippen LogP contribution in [0, 0.1) is 5.82 Å². The number of aliphatic carboxylic acids is 1. The molecule has 0 radical (unpaired) electrons. The Morgan fingerprint density at radius 3 is 2.71 bits per heavy atom. The number of thioether (sulfide) groups is 1. The third-order valence-corrected chi connectivity index (χ3v) is 3.76. The van der Waals surface area contributed by atoms with E-state index >= 15 is 0 Å². The maximum atomic E-state index is 13.4. The maximum absolute atomic E-state index is 13.4. The summed E-state index contributed by atoms with van der Waals surface area (Å²) in [5.74, 6) is -0.971. The van der Waals surface area contributed by atoms with Gasteiger partial charge in [-0.15, -0.1) is 11.8 Å². The molecule has 1 unspecified atom stereocenters. The molecule has 2 N–H and O–H groups in total. The Hall–Kier alpha value is -1.07. The lowest BCUT2D eigenvalue weighted by molar-refractivity contribution is -0.143. The van der Waals surface area contributed by atoms with Crippen LogP contribution in [0.5, 0.6) is 0 Å².